The number of nitrogens with one attached hydrogen (secondary N) is 1. The molecular formula is C32H37ClN2O3. The van der Waals surface area contributed by atoms with Gasteiger partial charge in [-0.3, -0.25) is 9.59 Å². The van der Waals surface area contributed by atoms with Crippen molar-refractivity contribution >= 4 is 23.4 Å². The van der Waals surface area contributed by atoms with Crippen LogP contribution in [0.2, 0.25) is 5.02 Å². The third-order valence-corrected chi connectivity index (χ3v) is 7.44. The predicted molar refractivity (Wildman–Crippen MR) is 152 cm³/mol. The van der Waals surface area contributed by atoms with Gasteiger partial charge < -0.3 is 15.0 Å². The Labute approximate surface area is 231 Å². The summed E-state index contributed by atoms with van der Waals surface area (Å²) < 4.78 is 5.81. The van der Waals surface area contributed by atoms with Crippen molar-refractivity contribution in [2.75, 3.05) is 6.61 Å². The number of ether oxygens (including phenoxy) is 1. The number of carbonyl (C=O) groups is 2. The van der Waals surface area contributed by atoms with Gasteiger partial charge in [-0.15, -0.1) is 0 Å². The summed E-state index contributed by atoms with van der Waals surface area (Å²) in [6, 6.07) is 24.8. The molecule has 6 heteroatoms. The second-order valence-electron chi connectivity index (χ2n) is 10.0. The zero-order chi connectivity index (χ0) is 26.7. The minimum Gasteiger partial charge on any atom is -0.494 e. The summed E-state index contributed by atoms with van der Waals surface area (Å²) in [4.78, 5) is 29.3. The van der Waals surface area contributed by atoms with Crippen LogP contribution in [-0.4, -0.2) is 35.4 Å². The van der Waals surface area contributed by atoms with Crippen LogP contribution in [0.15, 0.2) is 78.9 Å². The normalized spacial score (nSPS) is 14.2. The first kappa shape index (κ1) is 27.7. The fourth-order valence-corrected chi connectivity index (χ4v) is 5.11. The fraction of sp³-hybridized carbons (Fsp3) is 0.375. The number of halogens is 1. The molecule has 0 radical (unpaired) electrons. The van der Waals surface area contributed by atoms with Crippen molar-refractivity contribution in [3.63, 3.8) is 0 Å². The van der Waals surface area contributed by atoms with Gasteiger partial charge in [0, 0.05) is 30.5 Å². The number of aryl methyl sites for hydroxylation is 1. The van der Waals surface area contributed by atoms with Crippen LogP contribution < -0.4 is 10.1 Å². The third kappa shape index (κ3) is 8.09. The van der Waals surface area contributed by atoms with E-state index in [1.807, 2.05) is 73.7 Å². The number of amides is 2. The second-order valence-corrected chi connectivity index (χ2v) is 10.5. The Morgan fingerprint density at radius 2 is 1.66 bits per heavy atom. The molecule has 1 fully saturated rings. The topological polar surface area (TPSA) is 58.6 Å². The van der Waals surface area contributed by atoms with Gasteiger partial charge in [-0.1, -0.05) is 79.0 Å². The molecule has 3 aromatic rings. The maximum Gasteiger partial charge on any atom is 0.243 e. The highest BCUT2D eigenvalue weighted by molar-refractivity contribution is 6.30. The maximum absolute atomic E-state index is 13.8. The van der Waals surface area contributed by atoms with Crippen molar-refractivity contribution in [2.24, 2.45) is 0 Å². The molecular weight excluding hydrogens is 496 g/mol. The molecule has 2 amide bonds. The van der Waals surface area contributed by atoms with E-state index in [-0.39, 0.29) is 17.9 Å². The summed E-state index contributed by atoms with van der Waals surface area (Å²) in [6.45, 7) is 2.84. The molecule has 0 spiro atoms. The van der Waals surface area contributed by atoms with Gasteiger partial charge in [-0.2, -0.15) is 0 Å². The molecule has 0 bridgehead atoms. The van der Waals surface area contributed by atoms with Gasteiger partial charge in [0.05, 0.1) is 6.61 Å². The first-order valence-electron chi connectivity index (χ1n) is 13.6. The van der Waals surface area contributed by atoms with Crippen molar-refractivity contribution in [3.8, 4) is 5.75 Å². The average Bonchev–Trinajstić information content (AvgIpc) is 3.44. The lowest BCUT2D eigenvalue weighted by Crippen LogP contribution is -2.52. The van der Waals surface area contributed by atoms with E-state index in [1.165, 1.54) is 0 Å². The summed E-state index contributed by atoms with van der Waals surface area (Å²) in [6.07, 6.45) is 5.57. The van der Waals surface area contributed by atoms with E-state index in [0.29, 0.717) is 37.4 Å². The van der Waals surface area contributed by atoms with E-state index in [2.05, 4.69) is 5.32 Å². The zero-order valence-corrected chi connectivity index (χ0v) is 22.8. The molecule has 0 aliphatic heterocycles. The van der Waals surface area contributed by atoms with Crippen molar-refractivity contribution in [1.29, 1.82) is 0 Å². The minimum atomic E-state index is -0.595. The van der Waals surface area contributed by atoms with Crippen LogP contribution in [0.3, 0.4) is 0 Å². The number of carbonyl (C=O) groups excluding carboxylic acids is 2. The molecule has 0 aromatic heterocycles. The molecule has 1 saturated carbocycles. The largest absolute Gasteiger partial charge is 0.494 e. The van der Waals surface area contributed by atoms with Crippen LogP contribution in [0, 0.1) is 6.92 Å². The highest BCUT2D eigenvalue weighted by atomic mass is 35.5. The molecule has 1 aliphatic carbocycles. The number of hydrogen-bond acceptors (Lipinski definition) is 3. The van der Waals surface area contributed by atoms with Gasteiger partial charge in [-0.05, 0) is 67.1 Å². The Kier molecular flexibility index (Phi) is 10.2. The van der Waals surface area contributed by atoms with Gasteiger partial charge in [0.25, 0.3) is 0 Å². The van der Waals surface area contributed by atoms with Gasteiger partial charge in [0.15, 0.2) is 0 Å². The van der Waals surface area contributed by atoms with E-state index in [4.69, 9.17) is 16.3 Å². The first-order chi connectivity index (χ1) is 18.5. The summed E-state index contributed by atoms with van der Waals surface area (Å²) >= 11 is 5.96. The predicted octanol–water partition coefficient (Wildman–Crippen LogP) is 6.51. The first-order valence-corrected chi connectivity index (χ1v) is 13.9. The zero-order valence-electron chi connectivity index (χ0n) is 22.1. The van der Waals surface area contributed by atoms with Crippen LogP contribution in [0.4, 0.5) is 0 Å². The van der Waals surface area contributed by atoms with E-state index in [0.717, 1.165) is 48.1 Å². The fourth-order valence-electron chi connectivity index (χ4n) is 4.98. The number of rotatable bonds is 12. The smallest absolute Gasteiger partial charge is 0.243 e. The number of nitrogens with zero attached hydrogens (tertiary/aromatic N) is 1. The summed E-state index contributed by atoms with van der Waals surface area (Å²) in [7, 11) is 0. The van der Waals surface area contributed by atoms with E-state index in [9.17, 15) is 9.59 Å². The molecule has 4 rings (SSSR count). The van der Waals surface area contributed by atoms with E-state index in [1.54, 1.807) is 17.0 Å². The van der Waals surface area contributed by atoms with Crippen LogP contribution in [0.1, 0.15) is 55.2 Å². The highest BCUT2D eigenvalue weighted by Gasteiger charge is 2.32. The van der Waals surface area contributed by atoms with Gasteiger partial charge in [0.1, 0.15) is 11.8 Å². The molecule has 1 aliphatic rings. The molecule has 0 unspecified atom stereocenters. The van der Waals surface area contributed by atoms with Crippen LogP contribution in [0.5, 0.6) is 5.75 Å². The average molecular weight is 533 g/mol. The maximum atomic E-state index is 13.8. The minimum absolute atomic E-state index is 0.0459. The lowest BCUT2D eigenvalue weighted by atomic mass is 10.0. The Morgan fingerprint density at radius 3 is 2.37 bits per heavy atom. The van der Waals surface area contributed by atoms with Crippen molar-refractivity contribution in [2.45, 2.75) is 70.5 Å². The third-order valence-electron chi connectivity index (χ3n) is 7.19. The standard InChI is InChI=1S/C32H37ClN2O3/c1-24-10-5-6-13-26(24)23-35(31(36)16-9-21-38-29-19-17-27(33)18-20-29)30(22-25-11-3-2-4-12-25)32(37)34-28-14-7-8-15-28/h2-6,10-13,17-20,28,30H,7-9,14-16,21-23H2,1H3,(H,34,37)/t30-/m0/s1. The molecule has 5 nitrogen and oxygen atoms in total. The van der Waals surface area contributed by atoms with Gasteiger partial charge in [0.2, 0.25) is 11.8 Å². The van der Waals surface area contributed by atoms with E-state index < -0.39 is 6.04 Å². The number of hydrogen-bond donors (Lipinski definition) is 1. The molecule has 0 saturated heterocycles. The van der Waals surface area contributed by atoms with Crippen molar-refractivity contribution < 1.29 is 14.3 Å². The second kappa shape index (κ2) is 14.0. The van der Waals surface area contributed by atoms with Crippen LogP contribution in [-0.2, 0) is 22.6 Å². The highest BCUT2D eigenvalue weighted by Crippen LogP contribution is 2.22. The molecule has 0 heterocycles. The van der Waals surface area contributed by atoms with Crippen molar-refractivity contribution in [1.82, 2.24) is 10.2 Å². The summed E-state index contributed by atoms with van der Waals surface area (Å²) in [5, 5.41) is 3.91. The summed E-state index contributed by atoms with van der Waals surface area (Å²) in [5.41, 5.74) is 3.18. The van der Waals surface area contributed by atoms with E-state index >= 15 is 0 Å². The van der Waals surface area contributed by atoms with Gasteiger partial charge in [-0.25, -0.2) is 0 Å². The molecule has 3 aromatic carbocycles. The van der Waals surface area contributed by atoms with Crippen LogP contribution >= 0.6 is 11.6 Å². The Hall–Kier alpha value is -3.31. The monoisotopic (exact) mass is 532 g/mol. The molecule has 1 atom stereocenters. The quantitative estimate of drug-likeness (QED) is 0.271. The van der Waals surface area contributed by atoms with Crippen molar-refractivity contribution in [3.05, 3.63) is 101 Å². The number of benzene rings is 3. The molecule has 1 N–H and O–H groups in total. The Bertz CT molecular complexity index is 1180. The molecule has 200 valence electrons. The Balaban J connectivity index is 1.52. The lowest BCUT2D eigenvalue weighted by molar-refractivity contribution is -0.141. The molecule has 38 heavy (non-hydrogen) atoms. The van der Waals surface area contributed by atoms with Gasteiger partial charge >= 0.3 is 0 Å². The summed E-state index contributed by atoms with van der Waals surface area (Å²) in [5.74, 6) is 0.604. The lowest BCUT2D eigenvalue weighted by Gasteiger charge is -2.33. The Morgan fingerprint density at radius 1 is 0.974 bits per heavy atom. The SMILES string of the molecule is Cc1ccccc1CN(C(=O)CCCOc1ccc(Cl)cc1)[C@@H](Cc1ccccc1)C(=O)NC1CCCC1. The van der Waals surface area contributed by atoms with Crippen LogP contribution in [0.25, 0.3) is 0 Å².